The molecule has 1 saturated carbocycles. The highest BCUT2D eigenvalue weighted by Crippen LogP contribution is 2.53. The molecule has 1 fully saturated rings. The lowest BCUT2D eigenvalue weighted by Gasteiger charge is -2.18. The molecule has 1 unspecified atom stereocenters. The summed E-state index contributed by atoms with van der Waals surface area (Å²) in [6.45, 7) is 1.81. The lowest BCUT2D eigenvalue weighted by molar-refractivity contribution is 0.349. The first-order valence-electron chi connectivity index (χ1n) is 13.4. The molecule has 2 aromatic carbocycles. The molecule has 7 heteroatoms. The van der Waals surface area contributed by atoms with E-state index in [1.165, 1.54) is 22.2 Å². The molecule has 4 aromatic heterocycles. The van der Waals surface area contributed by atoms with Gasteiger partial charge >= 0.3 is 0 Å². The van der Waals surface area contributed by atoms with Crippen molar-refractivity contribution in [1.29, 1.82) is 0 Å². The van der Waals surface area contributed by atoms with E-state index in [-0.39, 0.29) is 11.5 Å². The van der Waals surface area contributed by atoms with E-state index in [1.807, 2.05) is 30.9 Å². The van der Waals surface area contributed by atoms with Gasteiger partial charge in [-0.15, -0.1) is 0 Å². The van der Waals surface area contributed by atoms with Crippen LogP contribution >= 0.6 is 0 Å². The largest absolute Gasteiger partial charge is 0.371 e. The van der Waals surface area contributed by atoms with Crippen LogP contribution in [0.2, 0.25) is 0 Å². The maximum atomic E-state index is 4.72. The highest BCUT2D eigenvalue weighted by Gasteiger charge is 2.48. The van der Waals surface area contributed by atoms with E-state index in [2.05, 4.69) is 103 Å². The number of hydrogen-bond acceptors (Lipinski definition) is 5. The van der Waals surface area contributed by atoms with Crippen molar-refractivity contribution in [2.75, 3.05) is 6.54 Å². The zero-order valence-electron chi connectivity index (χ0n) is 21.4. The number of pyridine rings is 1. The fourth-order valence-electron chi connectivity index (χ4n) is 5.93. The Bertz CT molecular complexity index is 1840. The summed E-state index contributed by atoms with van der Waals surface area (Å²) in [6.07, 6.45) is 18.6. The van der Waals surface area contributed by atoms with Crippen LogP contribution in [0.5, 0.6) is 0 Å². The molecule has 2 aliphatic rings. The predicted octanol–water partition coefficient (Wildman–Crippen LogP) is 5.79. The van der Waals surface area contributed by atoms with Crippen LogP contribution in [0.25, 0.3) is 27.8 Å². The van der Waals surface area contributed by atoms with Crippen molar-refractivity contribution in [3.63, 3.8) is 0 Å². The van der Waals surface area contributed by atoms with Gasteiger partial charge in [0.2, 0.25) is 5.78 Å². The van der Waals surface area contributed by atoms with Gasteiger partial charge in [-0.2, -0.15) is 5.10 Å². The molecule has 0 bridgehead atoms. The van der Waals surface area contributed by atoms with Crippen molar-refractivity contribution in [1.82, 2.24) is 34.0 Å². The highest BCUT2D eigenvalue weighted by molar-refractivity contribution is 5.79. The second-order valence-electron chi connectivity index (χ2n) is 10.7. The minimum atomic E-state index is -0.0369. The van der Waals surface area contributed by atoms with E-state index < -0.39 is 0 Å². The molecule has 5 heterocycles. The van der Waals surface area contributed by atoms with E-state index in [1.54, 1.807) is 0 Å². The van der Waals surface area contributed by atoms with Crippen LogP contribution in [0, 0.1) is 0 Å². The predicted molar refractivity (Wildman–Crippen MR) is 151 cm³/mol. The number of fused-ring (bicyclic) bond motifs is 2. The zero-order valence-corrected chi connectivity index (χ0v) is 21.4. The third-order valence-electron chi connectivity index (χ3n) is 8.20. The molecule has 0 saturated heterocycles. The van der Waals surface area contributed by atoms with Gasteiger partial charge in [-0.3, -0.25) is 14.1 Å². The fraction of sp³-hybridized carbons (Fsp3) is 0.188. The summed E-state index contributed by atoms with van der Waals surface area (Å²) in [5, 5.41) is 5.89. The third kappa shape index (κ3) is 3.81. The molecule has 190 valence electrons. The molecule has 1 aliphatic carbocycles. The van der Waals surface area contributed by atoms with E-state index in [9.17, 15) is 0 Å². The minimum absolute atomic E-state index is 0.0369. The van der Waals surface area contributed by atoms with Crippen molar-refractivity contribution in [3.8, 4) is 11.1 Å². The second kappa shape index (κ2) is 8.63. The van der Waals surface area contributed by atoms with Crippen molar-refractivity contribution >= 4 is 16.7 Å². The quantitative estimate of drug-likeness (QED) is 0.284. The molecule has 0 amide bonds. The summed E-state index contributed by atoms with van der Waals surface area (Å²) in [5.74, 6) is 0.727. The Kier molecular flexibility index (Phi) is 4.92. The first kappa shape index (κ1) is 22.2. The summed E-state index contributed by atoms with van der Waals surface area (Å²) >= 11 is 0. The molecular weight excluding hydrogens is 482 g/mol. The van der Waals surface area contributed by atoms with Crippen LogP contribution in [0.1, 0.15) is 35.7 Å². The van der Waals surface area contributed by atoms with Crippen LogP contribution in [-0.4, -0.2) is 40.6 Å². The Balaban J connectivity index is 1.07. The Labute approximate surface area is 226 Å². The van der Waals surface area contributed by atoms with Crippen LogP contribution in [0.15, 0.2) is 110 Å². The summed E-state index contributed by atoms with van der Waals surface area (Å²) in [4.78, 5) is 16.2. The number of imidazole rings is 1. The first-order valence-corrected chi connectivity index (χ1v) is 13.4. The lowest BCUT2D eigenvalue weighted by Crippen LogP contribution is -2.20. The molecule has 0 spiro atoms. The van der Waals surface area contributed by atoms with Gasteiger partial charge < -0.3 is 4.90 Å². The summed E-state index contributed by atoms with van der Waals surface area (Å²) in [6, 6.07) is 21.6. The fourth-order valence-corrected chi connectivity index (χ4v) is 5.93. The van der Waals surface area contributed by atoms with Crippen LogP contribution in [0.3, 0.4) is 0 Å². The molecule has 1 aliphatic heterocycles. The van der Waals surface area contributed by atoms with Gasteiger partial charge in [-0.1, -0.05) is 42.5 Å². The van der Waals surface area contributed by atoms with Gasteiger partial charge in [0.25, 0.3) is 0 Å². The van der Waals surface area contributed by atoms with Crippen molar-refractivity contribution in [2.45, 2.75) is 30.8 Å². The number of hydrogen-bond donors (Lipinski definition) is 0. The van der Waals surface area contributed by atoms with Crippen molar-refractivity contribution in [3.05, 3.63) is 127 Å². The van der Waals surface area contributed by atoms with Gasteiger partial charge in [0.1, 0.15) is 0 Å². The standard InChI is InChI=1S/C32H27N7/c1-2-5-23(6-3-1)19-37-14-10-28(22-37)39-21-26(17-36-39)25-16-34-31-35-18-30(38(31)20-25)32(11-12-32)27-8-9-29-24(15-27)7-4-13-33-29/h1-10,13-18,20-21,28H,11-12,19,22H2. The zero-order chi connectivity index (χ0) is 25.8. The molecule has 7 nitrogen and oxygen atoms in total. The van der Waals surface area contributed by atoms with Gasteiger partial charge in [-0.05, 0) is 54.4 Å². The highest BCUT2D eigenvalue weighted by atomic mass is 15.3. The SMILES string of the molecule is C1=CN(Cc2ccccc2)CC1n1cc(-c2cnc3ncc(C4(c5ccc6ncccc6c5)CC4)n3c2)cn1. The third-order valence-corrected chi connectivity index (χ3v) is 8.20. The summed E-state index contributed by atoms with van der Waals surface area (Å²) in [7, 11) is 0. The Hall–Kier alpha value is -4.78. The normalized spacial score (nSPS) is 17.8. The Morgan fingerprint density at radius 3 is 2.62 bits per heavy atom. The lowest BCUT2D eigenvalue weighted by atomic mass is 9.91. The van der Waals surface area contributed by atoms with E-state index in [0.717, 1.165) is 48.4 Å². The summed E-state index contributed by atoms with van der Waals surface area (Å²) < 4.78 is 4.23. The van der Waals surface area contributed by atoms with Gasteiger partial charge in [0, 0.05) is 59.8 Å². The van der Waals surface area contributed by atoms with Gasteiger partial charge in [0.15, 0.2) is 0 Å². The minimum Gasteiger partial charge on any atom is -0.371 e. The Morgan fingerprint density at radius 1 is 0.846 bits per heavy atom. The average molecular weight is 510 g/mol. The molecule has 0 radical (unpaired) electrons. The molecule has 1 atom stereocenters. The van der Waals surface area contributed by atoms with Gasteiger partial charge in [-0.25, -0.2) is 9.97 Å². The first-order chi connectivity index (χ1) is 19.2. The monoisotopic (exact) mass is 509 g/mol. The maximum absolute atomic E-state index is 4.72. The topological polar surface area (TPSA) is 64.1 Å². The molecule has 8 rings (SSSR count). The summed E-state index contributed by atoms with van der Waals surface area (Å²) in [5.41, 5.74) is 6.90. The number of nitrogens with zero attached hydrogens (tertiary/aromatic N) is 7. The van der Waals surface area contributed by atoms with E-state index >= 15 is 0 Å². The molecular formula is C32H27N7. The van der Waals surface area contributed by atoms with Crippen LogP contribution in [-0.2, 0) is 12.0 Å². The van der Waals surface area contributed by atoms with Crippen molar-refractivity contribution < 1.29 is 0 Å². The number of aromatic nitrogens is 6. The van der Waals surface area contributed by atoms with Crippen LogP contribution in [0.4, 0.5) is 0 Å². The maximum Gasteiger partial charge on any atom is 0.233 e. The number of benzene rings is 2. The molecule has 6 aromatic rings. The van der Waals surface area contributed by atoms with Crippen molar-refractivity contribution in [2.24, 2.45) is 0 Å². The Morgan fingerprint density at radius 2 is 1.72 bits per heavy atom. The molecule has 0 N–H and O–H groups in total. The number of rotatable bonds is 6. The van der Waals surface area contributed by atoms with E-state index in [0.29, 0.717) is 0 Å². The smallest absolute Gasteiger partial charge is 0.233 e. The van der Waals surface area contributed by atoms with Crippen LogP contribution < -0.4 is 0 Å². The molecule has 39 heavy (non-hydrogen) atoms. The average Bonchev–Trinajstić information content (AvgIpc) is 3.32. The second-order valence-corrected chi connectivity index (χ2v) is 10.7. The van der Waals surface area contributed by atoms with Gasteiger partial charge in [0.05, 0.1) is 29.6 Å². The van der Waals surface area contributed by atoms with E-state index in [4.69, 9.17) is 10.1 Å².